The molecule has 0 heterocycles. The van der Waals surface area contributed by atoms with Crippen LogP contribution in [0.4, 0.5) is 13.2 Å². The number of aliphatic hydroxyl groups is 1. The van der Waals surface area contributed by atoms with Gasteiger partial charge in [-0.05, 0) is 37.3 Å². The second-order valence-electron chi connectivity index (χ2n) is 5.66. The van der Waals surface area contributed by atoms with Gasteiger partial charge in [-0.1, -0.05) is 24.3 Å². The molecule has 2 N–H and O–H groups in total. The number of carbonyl (C=O) groups is 1. The summed E-state index contributed by atoms with van der Waals surface area (Å²) in [7, 11) is 0. The minimum Gasteiger partial charge on any atom is -0.380 e. The molecule has 1 amide bonds. The Hall–Kier alpha value is -1.56. The van der Waals surface area contributed by atoms with Crippen molar-refractivity contribution in [1.82, 2.24) is 5.32 Å². The number of hydrogen-bond donors (Lipinski definition) is 2. The van der Waals surface area contributed by atoms with Crippen LogP contribution in [0.2, 0.25) is 0 Å². The topological polar surface area (TPSA) is 49.3 Å². The van der Waals surface area contributed by atoms with Gasteiger partial charge in [-0.3, -0.25) is 4.79 Å². The molecule has 0 radical (unpaired) electrons. The number of amides is 1. The van der Waals surface area contributed by atoms with Crippen molar-refractivity contribution in [1.29, 1.82) is 0 Å². The highest BCUT2D eigenvalue weighted by molar-refractivity contribution is 5.77. The standard InChI is InChI=1S/C15H18F3NO2/c1-14(21,15(16,17)18)9-13(20)19-12-8-4-6-10-5-2-3-7-11(10)12/h2-3,5,7,12,21H,4,6,8-9H2,1H3,(H,19,20)/t12-,14+/m0/s1. The van der Waals surface area contributed by atoms with Crippen LogP contribution in [-0.4, -0.2) is 22.8 Å². The van der Waals surface area contributed by atoms with Gasteiger partial charge in [-0.25, -0.2) is 0 Å². The molecule has 0 unspecified atom stereocenters. The van der Waals surface area contributed by atoms with E-state index in [0.717, 1.165) is 24.0 Å². The van der Waals surface area contributed by atoms with Gasteiger partial charge in [0.25, 0.3) is 0 Å². The third kappa shape index (κ3) is 3.56. The Bertz CT molecular complexity index is 526. The zero-order valence-electron chi connectivity index (χ0n) is 11.7. The largest absolute Gasteiger partial charge is 0.417 e. The summed E-state index contributed by atoms with van der Waals surface area (Å²) in [4.78, 5) is 11.8. The van der Waals surface area contributed by atoms with E-state index in [-0.39, 0.29) is 6.04 Å². The van der Waals surface area contributed by atoms with Gasteiger partial charge in [-0.15, -0.1) is 0 Å². The molecule has 6 heteroatoms. The summed E-state index contributed by atoms with van der Waals surface area (Å²) in [6.45, 7) is 0.612. The molecule has 1 aromatic carbocycles. The number of rotatable bonds is 3. The highest BCUT2D eigenvalue weighted by Crippen LogP contribution is 2.34. The summed E-state index contributed by atoms with van der Waals surface area (Å²) in [5.74, 6) is -0.793. The summed E-state index contributed by atoms with van der Waals surface area (Å²) >= 11 is 0. The quantitative estimate of drug-likeness (QED) is 0.902. The normalized spacial score (nSPS) is 21.3. The molecular weight excluding hydrogens is 283 g/mol. The van der Waals surface area contributed by atoms with E-state index in [1.807, 2.05) is 24.3 Å². The Labute approximate surface area is 121 Å². The lowest BCUT2D eigenvalue weighted by molar-refractivity contribution is -0.253. The lowest BCUT2D eigenvalue weighted by Gasteiger charge is -2.29. The second-order valence-corrected chi connectivity index (χ2v) is 5.66. The van der Waals surface area contributed by atoms with E-state index in [9.17, 15) is 23.1 Å². The van der Waals surface area contributed by atoms with Crippen molar-refractivity contribution in [2.24, 2.45) is 0 Å². The van der Waals surface area contributed by atoms with Crippen molar-refractivity contribution >= 4 is 5.91 Å². The van der Waals surface area contributed by atoms with Crippen LogP contribution in [0.15, 0.2) is 24.3 Å². The summed E-state index contributed by atoms with van der Waals surface area (Å²) in [6.07, 6.45) is -3.35. The fourth-order valence-corrected chi connectivity index (χ4v) is 2.56. The number of halogens is 3. The molecule has 2 atom stereocenters. The molecule has 0 aromatic heterocycles. The first-order valence-electron chi connectivity index (χ1n) is 6.87. The summed E-state index contributed by atoms with van der Waals surface area (Å²) in [5.41, 5.74) is -0.953. The molecule has 0 fully saturated rings. The Morgan fingerprint density at radius 2 is 2.05 bits per heavy atom. The van der Waals surface area contributed by atoms with Gasteiger partial charge in [0.2, 0.25) is 5.91 Å². The fourth-order valence-electron chi connectivity index (χ4n) is 2.56. The third-order valence-electron chi connectivity index (χ3n) is 3.82. The first kappa shape index (κ1) is 15.8. The van der Waals surface area contributed by atoms with Gasteiger partial charge >= 0.3 is 6.18 Å². The van der Waals surface area contributed by atoms with Gasteiger partial charge < -0.3 is 10.4 Å². The highest BCUT2D eigenvalue weighted by Gasteiger charge is 2.51. The van der Waals surface area contributed by atoms with Crippen molar-refractivity contribution in [2.45, 2.75) is 50.4 Å². The van der Waals surface area contributed by atoms with Crippen LogP contribution in [0.3, 0.4) is 0 Å². The van der Waals surface area contributed by atoms with Crippen molar-refractivity contribution in [3.8, 4) is 0 Å². The Morgan fingerprint density at radius 1 is 1.38 bits per heavy atom. The minimum atomic E-state index is -4.82. The molecule has 0 spiro atoms. The van der Waals surface area contributed by atoms with Gasteiger partial charge in [0.1, 0.15) is 0 Å². The van der Waals surface area contributed by atoms with Crippen LogP contribution < -0.4 is 5.32 Å². The number of carbonyl (C=O) groups excluding carboxylic acids is 1. The summed E-state index contributed by atoms with van der Waals surface area (Å²) in [6, 6.07) is 7.29. The average Bonchev–Trinajstić information content (AvgIpc) is 2.37. The number of aryl methyl sites for hydroxylation is 1. The van der Waals surface area contributed by atoms with Gasteiger partial charge in [0, 0.05) is 0 Å². The Morgan fingerprint density at radius 3 is 2.71 bits per heavy atom. The van der Waals surface area contributed by atoms with Gasteiger partial charge in [-0.2, -0.15) is 13.2 Å². The van der Waals surface area contributed by atoms with Crippen molar-refractivity contribution in [3.05, 3.63) is 35.4 Å². The van der Waals surface area contributed by atoms with E-state index < -0.39 is 24.1 Å². The lowest BCUT2D eigenvalue weighted by Crippen LogP contribution is -2.46. The maximum atomic E-state index is 12.6. The molecule has 116 valence electrons. The van der Waals surface area contributed by atoms with E-state index in [2.05, 4.69) is 5.32 Å². The van der Waals surface area contributed by atoms with E-state index in [0.29, 0.717) is 13.3 Å². The van der Waals surface area contributed by atoms with Crippen molar-refractivity contribution < 1.29 is 23.1 Å². The summed E-state index contributed by atoms with van der Waals surface area (Å²) in [5, 5.41) is 12.0. The van der Waals surface area contributed by atoms with Crippen LogP contribution in [0, 0.1) is 0 Å². The number of nitrogens with one attached hydrogen (secondary N) is 1. The monoisotopic (exact) mass is 301 g/mol. The molecule has 0 aliphatic heterocycles. The van der Waals surface area contributed by atoms with E-state index >= 15 is 0 Å². The minimum absolute atomic E-state index is 0.286. The van der Waals surface area contributed by atoms with Crippen LogP contribution in [0.25, 0.3) is 0 Å². The van der Waals surface area contributed by atoms with Gasteiger partial charge in [0.05, 0.1) is 12.5 Å². The van der Waals surface area contributed by atoms with Crippen LogP contribution >= 0.6 is 0 Å². The number of benzene rings is 1. The number of fused-ring (bicyclic) bond motifs is 1. The van der Waals surface area contributed by atoms with Crippen molar-refractivity contribution in [2.75, 3.05) is 0 Å². The smallest absolute Gasteiger partial charge is 0.380 e. The fraction of sp³-hybridized carbons (Fsp3) is 0.533. The molecule has 21 heavy (non-hydrogen) atoms. The molecule has 2 rings (SSSR count). The Kier molecular flexibility index (Phi) is 4.27. The molecule has 1 aliphatic rings. The zero-order chi connectivity index (χ0) is 15.7. The molecular formula is C15H18F3NO2. The predicted octanol–water partition coefficient (Wildman–Crippen LogP) is 2.88. The highest BCUT2D eigenvalue weighted by atomic mass is 19.4. The van der Waals surface area contributed by atoms with Crippen LogP contribution in [0.1, 0.15) is 43.4 Å². The maximum absolute atomic E-state index is 12.6. The SMILES string of the molecule is C[C@@](O)(CC(=O)N[C@H]1CCCc2ccccc21)C(F)(F)F. The molecule has 3 nitrogen and oxygen atoms in total. The number of hydrogen-bond acceptors (Lipinski definition) is 2. The molecule has 1 aliphatic carbocycles. The first-order valence-corrected chi connectivity index (χ1v) is 6.87. The maximum Gasteiger partial charge on any atom is 0.417 e. The first-order chi connectivity index (χ1) is 9.71. The van der Waals surface area contributed by atoms with Gasteiger partial charge in [0.15, 0.2) is 5.60 Å². The van der Waals surface area contributed by atoms with E-state index in [1.54, 1.807) is 0 Å². The van der Waals surface area contributed by atoms with E-state index in [4.69, 9.17) is 0 Å². The molecule has 1 aromatic rings. The Balaban J connectivity index is 2.05. The van der Waals surface area contributed by atoms with E-state index in [1.165, 1.54) is 0 Å². The third-order valence-corrected chi connectivity index (χ3v) is 3.82. The molecule has 0 saturated heterocycles. The second kappa shape index (κ2) is 5.67. The summed E-state index contributed by atoms with van der Waals surface area (Å²) < 4.78 is 37.7. The number of alkyl halides is 3. The zero-order valence-corrected chi connectivity index (χ0v) is 11.7. The van der Waals surface area contributed by atoms with Crippen LogP contribution in [-0.2, 0) is 11.2 Å². The molecule has 0 saturated carbocycles. The lowest BCUT2D eigenvalue weighted by atomic mass is 9.87. The average molecular weight is 301 g/mol. The molecule has 0 bridgehead atoms. The predicted molar refractivity (Wildman–Crippen MR) is 71.6 cm³/mol. The van der Waals surface area contributed by atoms with Crippen molar-refractivity contribution in [3.63, 3.8) is 0 Å². The van der Waals surface area contributed by atoms with Crippen LogP contribution in [0.5, 0.6) is 0 Å².